The Morgan fingerprint density at radius 3 is 2.52 bits per heavy atom. The van der Waals surface area contributed by atoms with Crippen molar-refractivity contribution in [3.63, 3.8) is 0 Å². The molecule has 0 radical (unpaired) electrons. The maximum Gasteiger partial charge on any atom is 0.253 e. The maximum absolute atomic E-state index is 12.9. The van der Waals surface area contributed by atoms with Crippen molar-refractivity contribution in [1.29, 1.82) is 0 Å². The zero-order valence-corrected chi connectivity index (χ0v) is 15.9. The van der Waals surface area contributed by atoms with Gasteiger partial charge >= 0.3 is 0 Å². The number of ether oxygens (including phenoxy) is 1. The van der Waals surface area contributed by atoms with E-state index in [-0.39, 0.29) is 11.7 Å². The van der Waals surface area contributed by atoms with Crippen molar-refractivity contribution in [1.82, 2.24) is 9.88 Å². The van der Waals surface area contributed by atoms with Gasteiger partial charge in [0.1, 0.15) is 11.6 Å². The van der Waals surface area contributed by atoms with Crippen LogP contribution in [0.25, 0.3) is 11.3 Å². The molecule has 2 aromatic carbocycles. The summed E-state index contributed by atoms with van der Waals surface area (Å²) in [7, 11) is 1.52. The molecule has 1 aliphatic rings. The minimum atomic E-state index is -0.305. The van der Waals surface area contributed by atoms with Crippen molar-refractivity contribution in [3.8, 4) is 17.0 Å². The van der Waals surface area contributed by atoms with E-state index in [9.17, 15) is 9.18 Å². The van der Waals surface area contributed by atoms with E-state index in [1.54, 1.807) is 11.6 Å². The van der Waals surface area contributed by atoms with Gasteiger partial charge < -0.3 is 9.64 Å². The molecule has 0 atom stereocenters. The number of hydrogen-bond donors (Lipinski definition) is 0. The van der Waals surface area contributed by atoms with Crippen LogP contribution in [0, 0.1) is 5.82 Å². The second kappa shape index (κ2) is 9.28. The Hall–Kier alpha value is -2.73. The average molecular weight is 384 g/mol. The summed E-state index contributed by atoms with van der Waals surface area (Å²) in [5.74, 6) is 0.384. The molecule has 140 valence electrons. The average Bonchev–Trinajstić information content (AvgIpc) is 3.42. The molecular weight excluding hydrogens is 363 g/mol. The van der Waals surface area contributed by atoms with Gasteiger partial charge in [-0.3, -0.25) is 4.79 Å². The Morgan fingerprint density at radius 1 is 1.15 bits per heavy atom. The van der Waals surface area contributed by atoms with Gasteiger partial charge in [-0.1, -0.05) is 18.2 Å². The predicted molar refractivity (Wildman–Crippen MR) is 106 cm³/mol. The van der Waals surface area contributed by atoms with E-state index in [0.717, 1.165) is 42.8 Å². The lowest BCUT2D eigenvalue weighted by molar-refractivity contribution is 0.0793. The Labute approximate surface area is 162 Å². The molecule has 1 amide bonds. The first-order valence-electron chi connectivity index (χ1n) is 8.75. The van der Waals surface area contributed by atoms with Gasteiger partial charge in [-0.15, -0.1) is 11.3 Å². The number of nitrogens with zero attached hydrogens (tertiary/aromatic N) is 2. The first kappa shape index (κ1) is 19.0. The van der Waals surface area contributed by atoms with Crippen molar-refractivity contribution >= 4 is 17.2 Å². The summed E-state index contributed by atoms with van der Waals surface area (Å²) < 4.78 is 18.0. The van der Waals surface area contributed by atoms with Gasteiger partial charge in [-0.2, -0.15) is 0 Å². The molecule has 0 aliphatic carbocycles. The van der Waals surface area contributed by atoms with Gasteiger partial charge in [-0.25, -0.2) is 9.37 Å². The molecule has 1 aliphatic heterocycles. The summed E-state index contributed by atoms with van der Waals surface area (Å²) in [6, 6.07) is 13.9. The van der Waals surface area contributed by atoms with Crippen LogP contribution in [0.15, 0.2) is 59.4 Å². The molecule has 2 heterocycles. The highest BCUT2D eigenvalue weighted by molar-refractivity contribution is 7.07. The van der Waals surface area contributed by atoms with Gasteiger partial charge in [0, 0.05) is 35.7 Å². The lowest BCUT2D eigenvalue weighted by atomic mass is 10.1. The molecule has 1 fully saturated rings. The minimum absolute atomic E-state index is 0.179. The van der Waals surface area contributed by atoms with Crippen LogP contribution in [0.5, 0.6) is 5.75 Å². The summed E-state index contributed by atoms with van der Waals surface area (Å²) in [6.07, 6.45) is 2.30. The summed E-state index contributed by atoms with van der Waals surface area (Å²) in [4.78, 5) is 17.8. The van der Waals surface area contributed by atoms with Crippen LogP contribution in [-0.4, -0.2) is 36.0 Å². The number of carbonyl (C=O) groups is 1. The number of thiazole rings is 1. The lowest BCUT2D eigenvalue weighted by Crippen LogP contribution is -2.27. The van der Waals surface area contributed by atoms with Crippen LogP contribution in [0.2, 0.25) is 0 Å². The van der Waals surface area contributed by atoms with E-state index in [1.807, 2.05) is 40.6 Å². The van der Waals surface area contributed by atoms with Crippen LogP contribution in [0.3, 0.4) is 0 Å². The van der Waals surface area contributed by atoms with E-state index >= 15 is 0 Å². The largest absolute Gasteiger partial charge is 0.496 e. The van der Waals surface area contributed by atoms with E-state index in [0.29, 0.717) is 5.75 Å². The van der Waals surface area contributed by atoms with Crippen LogP contribution in [-0.2, 0) is 0 Å². The fourth-order valence-corrected chi connectivity index (χ4v) is 3.46. The number of rotatable bonds is 3. The zero-order chi connectivity index (χ0) is 19.1. The smallest absolute Gasteiger partial charge is 0.253 e. The summed E-state index contributed by atoms with van der Waals surface area (Å²) in [5, 5.41) is 1.90. The molecule has 3 aromatic rings. The SMILES string of the molecule is COc1cc(F)ccc1-c1cscn1.O=C(c1ccccc1)N1CCCC1. The highest BCUT2D eigenvalue weighted by atomic mass is 32.1. The zero-order valence-electron chi connectivity index (χ0n) is 15.1. The van der Waals surface area contributed by atoms with Gasteiger partial charge in [-0.05, 0) is 37.1 Å². The third kappa shape index (κ3) is 4.92. The molecule has 0 saturated carbocycles. The number of aromatic nitrogens is 1. The Morgan fingerprint density at radius 2 is 1.89 bits per heavy atom. The Bertz CT molecular complexity index is 863. The topological polar surface area (TPSA) is 42.4 Å². The van der Waals surface area contributed by atoms with E-state index in [1.165, 1.54) is 30.6 Å². The minimum Gasteiger partial charge on any atom is -0.496 e. The normalized spacial score (nSPS) is 13.0. The third-order valence-electron chi connectivity index (χ3n) is 4.29. The van der Waals surface area contributed by atoms with Crippen LogP contribution < -0.4 is 4.74 Å². The monoisotopic (exact) mass is 384 g/mol. The lowest BCUT2D eigenvalue weighted by Gasteiger charge is -2.14. The van der Waals surface area contributed by atoms with Crippen LogP contribution in [0.1, 0.15) is 23.2 Å². The van der Waals surface area contributed by atoms with Crippen molar-refractivity contribution in [2.75, 3.05) is 20.2 Å². The maximum atomic E-state index is 12.9. The highest BCUT2D eigenvalue weighted by Crippen LogP contribution is 2.29. The summed E-state index contributed by atoms with van der Waals surface area (Å²) >= 11 is 1.50. The number of benzene rings is 2. The van der Waals surface area contributed by atoms with Crippen molar-refractivity contribution in [2.24, 2.45) is 0 Å². The molecule has 1 saturated heterocycles. The molecule has 0 bridgehead atoms. The molecule has 0 spiro atoms. The van der Waals surface area contributed by atoms with Crippen molar-refractivity contribution < 1.29 is 13.9 Å². The van der Waals surface area contributed by atoms with Crippen LogP contribution in [0.4, 0.5) is 4.39 Å². The van der Waals surface area contributed by atoms with Gasteiger partial charge in [0.2, 0.25) is 0 Å². The quantitative estimate of drug-likeness (QED) is 0.646. The van der Waals surface area contributed by atoms with Crippen LogP contribution >= 0.6 is 11.3 Å². The highest BCUT2D eigenvalue weighted by Gasteiger charge is 2.18. The number of likely N-dealkylation sites (tertiary alicyclic amines) is 1. The standard InChI is InChI=1S/C11H13NO.C10H8FNOS/c13-11(12-8-4-5-9-12)10-6-2-1-3-7-10;1-13-10-4-7(11)2-3-8(10)9-5-14-6-12-9/h1-3,6-7H,4-5,8-9H2;2-6H,1H3. The molecule has 4 rings (SSSR count). The molecular formula is C21H21FN2O2S. The first-order chi connectivity index (χ1) is 13.2. The third-order valence-corrected chi connectivity index (χ3v) is 4.87. The molecule has 1 aromatic heterocycles. The van der Waals surface area contributed by atoms with Gasteiger partial charge in [0.05, 0.1) is 18.3 Å². The van der Waals surface area contributed by atoms with Gasteiger partial charge in [0.15, 0.2) is 0 Å². The Balaban J connectivity index is 0.000000156. The number of halogens is 1. The number of amides is 1. The summed E-state index contributed by atoms with van der Waals surface area (Å²) in [6.45, 7) is 1.85. The molecule has 0 N–H and O–H groups in total. The van der Waals surface area contributed by atoms with Crippen molar-refractivity contribution in [2.45, 2.75) is 12.8 Å². The predicted octanol–water partition coefficient (Wildman–Crippen LogP) is 4.88. The fourth-order valence-electron chi connectivity index (χ4n) is 2.91. The van der Waals surface area contributed by atoms with Crippen molar-refractivity contribution in [3.05, 3.63) is 70.8 Å². The van der Waals surface area contributed by atoms with Gasteiger partial charge in [0.25, 0.3) is 5.91 Å². The van der Waals surface area contributed by atoms with E-state index < -0.39 is 0 Å². The molecule has 27 heavy (non-hydrogen) atoms. The molecule has 0 unspecified atom stereocenters. The van der Waals surface area contributed by atoms with E-state index in [2.05, 4.69) is 4.98 Å². The number of carbonyl (C=O) groups excluding carboxylic acids is 1. The molecule has 4 nitrogen and oxygen atoms in total. The second-order valence-corrected chi connectivity index (χ2v) is 6.80. The van der Waals surface area contributed by atoms with E-state index in [4.69, 9.17) is 4.74 Å². The fraction of sp³-hybridized carbons (Fsp3) is 0.238. The number of methoxy groups -OCH3 is 1. The summed E-state index contributed by atoms with van der Waals surface area (Å²) in [5.41, 5.74) is 4.17. The molecule has 6 heteroatoms. The number of hydrogen-bond acceptors (Lipinski definition) is 4. The first-order valence-corrected chi connectivity index (χ1v) is 9.69. The Kier molecular flexibility index (Phi) is 6.54. The second-order valence-electron chi connectivity index (χ2n) is 6.08.